The fourth-order valence-electron chi connectivity index (χ4n) is 3.79. The zero-order valence-corrected chi connectivity index (χ0v) is 18.7. The van der Waals surface area contributed by atoms with Gasteiger partial charge in [0.05, 0.1) is 28.6 Å². The van der Waals surface area contributed by atoms with E-state index in [-0.39, 0.29) is 0 Å². The maximum atomic E-state index is 6.26. The van der Waals surface area contributed by atoms with Gasteiger partial charge in [0, 0.05) is 30.7 Å². The topological polar surface area (TPSA) is 50.2 Å². The molecule has 3 heterocycles. The van der Waals surface area contributed by atoms with Crippen LogP contribution in [0, 0.1) is 5.92 Å². The van der Waals surface area contributed by atoms with E-state index in [1.54, 1.807) is 11.3 Å². The van der Waals surface area contributed by atoms with E-state index in [1.165, 1.54) is 18.7 Å². The van der Waals surface area contributed by atoms with E-state index in [9.17, 15) is 0 Å². The van der Waals surface area contributed by atoms with Crippen LogP contribution in [0.1, 0.15) is 18.4 Å². The molecule has 146 valence electrons. The van der Waals surface area contributed by atoms with E-state index >= 15 is 0 Å². The smallest absolute Gasteiger partial charge is 0.108 e. The number of anilines is 1. The van der Waals surface area contributed by atoms with Crippen LogP contribution in [-0.2, 0) is 18.2 Å². The first-order valence-corrected chi connectivity index (χ1v) is 13.7. The second-order valence-electron chi connectivity index (χ2n) is 7.56. The van der Waals surface area contributed by atoms with Crippen LogP contribution in [-0.4, -0.2) is 41.2 Å². The molecule has 0 radical (unpaired) electrons. The third-order valence-electron chi connectivity index (χ3n) is 5.38. The summed E-state index contributed by atoms with van der Waals surface area (Å²) >= 11 is 7.98. The Kier molecular flexibility index (Phi) is 5.91. The van der Waals surface area contributed by atoms with Gasteiger partial charge in [-0.1, -0.05) is 36.9 Å². The maximum absolute atomic E-state index is 6.26. The predicted octanol–water partition coefficient (Wildman–Crippen LogP) is 5.57. The Morgan fingerprint density at radius 2 is 2.21 bits per heavy atom. The second-order valence-corrected chi connectivity index (χ2v) is 14.2. The van der Waals surface area contributed by atoms with Crippen molar-refractivity contribution >= 4 is 57.0 Å². The molecule has 2 unspecified atom stereocenters. The van der Waals surface area contributed by atoms with Gasteiger partial charge >= 0.3 is 0 Å². The molecule has 1 aliphatic rings. The summed E-state index contributed by atoms with van der Waals surface area (Å²) in [7, 11) is 1.93. The number of para-hydroxylation sites is 1. The first-order chi connectivity index (χ1) is 13.6. The van der Waals surface area contributed by atoms with Crippen molar-refractivity contribution in [1.29, 1.82) is 0 Å². The maximum Gasteiger partial charge on any atom is 0.108 e. The highest BCUT2D eigenvalue weighted by Crippen LogP contribution is 2.58. The van der Waals surface area contributed by atoms with Crippen molar-refractivity contribution in [3.05, 3.63) is 47.7 Å². The molecule has 0 spiro atoms. The Labute approximate surface area is 175 Å². The molecular formula is C21H25N4PS2. The van der Waals surface area contributed by atoms with Gasteiger partial charge in [-0.2, -0.15) is 0 Å². The number of nitrogens with zero attached hydrogens (tertiary/aromatic N) is 3. The average molecular weight is 429 g/mol. The van der Waals surface area contributed by atoms with E-state index in [1.807, 2.05) is 37.6 Å². The van der Waals surface area contributed by atoms with Gasteiger partial charge in [0.15, 0.2) is 0 Å². The molecule has 28 heavy (non-hydrogen) atoms. The van der Waals surface area contributed by atoms with Crippen molar-refractivity contribution in [3.8, 4) is 0 Å². The highest BCUT2D eigenvalue weighted by atomic mass is 32.4. The summed E-state index contributed by atoms with van der Waals surface area (Å²) in [5.41, 5.74) is 2.19. The molecule has 7 heteroatoms. The highest BCUT2D eigenvalue weighted by molar-refractivity contribution is 8.15. The number of benzene rings is 1. The third-order valence-corrected chi connectivity index (χ3v) is 12.0. The van der Waals surface area contributed by atoms with Gasteiger partial charge in [-0.15, -0.1) is 11.3 Å². The van der Waals surface area contributed by atoms with Crippen molar-refractivity contribution in [2.24, 2.45) is 10.9 Å². The van der Waals surface area contributed by atoms with Gasteiger partial charge < -0.3 is 5.32 Å². The van der Waals surface area contributed by atoms with Crippen LogP contribution in [0.15, 0.2) is 47.7 Å². The molecule has 1 aromatic carbocycles. The lowest BCUT2D eigenvalue weighted by Crippen LogP contribution is -2.15. The number of hydrogen-bond acceptors (Lipinski definition) is 6. The fourth-order valence-corrected chi connectivity index (χ4v) is 9.93. The van der Waals surface area contributed by atoms with Crippen LogP contribution >= 0.6 is 17.4 Å². The normalized spacial score (nSPS) is 23.4. The highest BCUT2D eigenvalue weighted by Gasteiger charge is 2.34. The van der Waals surface area contributed by atoms with E-state index in [2.05, 4.69) is 40.6 Å². The van der Waals surface area contributed by atoms with Gasteiger partial charge in [-0.05, 0) is 42.8 Å². The quantitative estimate of drug-likeness (QED) is 0.412. The summed E-state index contributed by atoms with van der Waals surface area (Å²) in [6, 6.07) is 8.77. The molecule has 0 bridgehead atoms. The Balaban J connectivity index is 1.61. The lowest BCUT2D eigenvalue weighted by molar-refractivity contribution is 0.668. The summed E-state index contributed by atoms with van der Waals surface area (Å²) in [6.45, 7) is 2.33. The molecule has 1 N–H and O–H groups in total. The number of aromatic nitrogens is 2. The van der Waals surface area contributed by atoms with E-state index < -0.39 is 6.04 Å². The Morgan fingerprint density at radius 1 is 1.36 bits per heavy atom. The minimum atomic E-state index is -1.48. The van der Waals surface area contributed by atoms with Crippen LogP contribution in [0.25, 0.3) is 10.9 Å². The second kappa shape index (κ2) is 8.40. The standard InChI is InChI=1S/C21H25N4PS2/c1-15-7-8-26(27,14-15)18(10-20-25-13-21(22-2)28-20)12-23-17-9-16-5-3-4-6-19(16)24-11-17/h3-6,9,11-13,15,18,22H,7-8,10,14H2,1-2H3/t15-,18?,26?/m0/s1. The molecule has 3 atom stereocenters. The van der Waals surface area contributed by atoms with Gasteiger partial charge in [-0.3, -0.25) is 9.98 Å². The summed E-state index contributed by atoms with van der Waals surface area (Å²) in [4.78, 5) is 14.0. The SMILES string of the molecule is CNc1cnc(CC(C=Nc2cnc3ccccc3c2)P2(=S)CC[C@H](C)C2)s1. The number of rotatable bonds is 6. The van der Waals surface area contributed by atoms with Crippen molar-refractivity contribution in [3.63, 3.8) is 0 Å². The Bertz CT molecular complexity index is 1050. The van der Waals surface area contributed by atoms with Crippen molar-refractivity contribution in [1.82, 2.24) is 9.97 Å². The molecule has 1 aliphatic heterocycles. The first kappa shape index (κ1) is 19.7. The van der Waals surface area contributed by atoms with E-state index in [0.717, 1.165) is 38.9 Å². The van der Waals surface area contributed by atoms with Gasteiger partial charge in [0.2, 0.25) is 0 Å². The fraction of sp³-hybridized carbons (Fsp3) is 0.381. The molecule has 4 rings (SSSR count). The Morgan fingerprint density at radius 3 is 2.96 bits per heavy atom. The zero-order valence-electron chi connectivity index (χ0n) is 16.2. The van der Waals surface area contributed by atoms with Gasteiger partial charge in [0.25, 0.3) is 0 Å². The van der Waals surface area contributed by atoms with Gasteiger partial charge in [-0.25, -0.2) is 4.98 Å². The van der Waals surface area contributed by atoms with Gasteiger partial charge in [0.1, 0.15) is 5.00 Å². The molecule has 0 aliphatic carbocycles. The summed E-state index contributed by atoms with van der Waals surface area (Å²) in [5.74, 6) is 0.730. The number of hydrogen-bond donors (Lipinski definition) is 1. The van der Waals surface area contributed by atoms with Crippen LogP contribution in [0.3, 0.4) is 0 Å². The molecule has 2 aromatic heterocycles. The van der Waals surface area contributed by atoms with Crippen LogP contribution < -0.4 is 5.32 Å². The zero-order chi connectivity index (χ0) is 19.6. The lowest BCUT2D eigenvalue weighted by Gasteiger charge is -2.24. The van der Waals surface area contributed by atoms with Crippen molar-refractivity contribution < 1.29 is 0 Å². The average Bonchev–Trinajstić information content (AvgIpc) is 3.31. The Hall–Kier alpha value is -1.62. The van der Waals surface area contributed by atoms with E-state index in [0.29, 0.717) is 5.66 Å². The van der Waals surface area contributed by atoms with Crippen molar-refractivity contribution in [2.75, 3.05) is 24.7 Å². The first-order valence-electron chi connectivity index (χ1n) is 9.65. The minimum Gasteiger partial charge on any atom is -0.379 e. The molecular weight excluding hydrogens is 403 g/mol. The third kappa shape index (κ3) is 4.35. The molecule has 0 amide bonds. The molecule has 1 saturated heterocycles. The summed E-state index contributed by atoms with van der Waals surface area (Å²) in [5, 5.41) is 6.53. The number of nitrogens with one attached hydrogen (secondary N) is 1. The summed E-state index contributed by atoms with van der Waals surface area (Å²) < 4.78 is 0. The lowest BCUT2D eigenvalue weighted by atomic mass is 10.2. The molecule has 3 aromatic rings. The number of pyridine rings is 1. The predicted molar refractivity (Wildman–Crippen MR) is 127 cm³/mol. The number of aliphatic imine (C=N–C) groups is 1. The van der Waals surface area contributed by atoms with Crippen molar-refractivity contribution in [2.45, 2.75) is 25.4 Å². The van der Waals surface area contributed by atoms with E-state index in [4.69, 9.17) is 16.8 Å². The summed E-state index contributed by atoms with van der Waals surface area (Å²) in [6.07, 6.45) is 10.4. The van der Waals surface area contributed by atoms with Crippen LogP contribution in [0.5, 0.6) is 0 Å². The largest absolute Gasteiger partial charge is 0.379 e. The number of fused-ring (bicyclic) bond motifs is 1. The molecule has 1 fully saturated rings. The number of thiazole rings is 1. The van der Waals surface area contributed by atoms with Crippen LogP contribution in [0.2, 0.25) is 0 Å². The molecule has 0 saturated carbocycles. The minimum absolute atomic E-state index is 0.301. The monoisotopic (exact) mass is 428 g/mol. The molecule has 4 nitrogen and oxygen atoms in total. The van der Waals surface area contributed by atoms with Crippen LogP contribution in [0.4, 0.5) is 10.7 Å².